The number of rotatable bonds is 7. The van der Waals surface area contributed by atoms with E-state index in [1.165, 1.54) is 11.8 Å². The highest BCUT2D eigenvalue weighted by Crippen LogP contribution is 2.13. The van der Waals surface area contributed by atoms with Crippen LogP contribution in [-0.2, 0) is 11.3 Å². The molecule has 3 rings (SSSR count). The molecule has 0 aliphatic rings. The van der Waals surface area contributed by atoms with E-state index in [-0.39, 0.29) is 11.9 Å². The van der Waals surface area contributed by atoms with Gasteiger partial charge in [-0.15, -0.1) is 0 Å². The van der Waals surface area contributed by atoms with E-state index < -0.39 is 0 Å². The molecule has 1 aromatic heterocycles. The number of nitrogens with zero attached hydrogens (tertiary/aromatic N) is 1. The summed E-state index contributed by atoms with van der Waals surface area (Å²) in [5, 5.41) is 6.02. The molecular formula is C23H23N3O3. The molecule has 2 N–H and O–H groups in total. The van der Waals surface area contributed by atoms with Gasteiger partial charge in [-0.25, -0.2) is 9.78 Å². The molecule has 0 atom stereocenters. The normalized spacial score (nSPS) is 10.3. The first kappa shape index (κ1) is 20.1. The van der Waals surface area contributed by atoms with Gasteiger partial charge in [0.05, 0.1) is 17.7 Å². The van der Waals surface area contributed by atoms with Crippen LogP contribution in [0.25, 0.3) is 0 Å². The van der Waals surface area contributed by atoms with Crippen molar-refractivity contribution in [1.82, 2.24) is 4.98 Å². The Kier molecular flexibility index (Phi) is 6.58. The number of carbonyl (C=O) groups excluding carboxylic acids is 2. The fourth-order valence-corrected chi connectivity index (χ4v) is 2.64. The fourth-order valence-electron chi connectivity index (χ4n) is 2.64. The number of anilines is 2. The number of esters is 1. The minimum absolute atomic E-state index is 0.272. The first-order valence-corrected chi connectivity index (χ1v) is 9.39. The number of nitrogens with one attached hydrogen (secondary N) is 2. The van der Waals surface area contributed by atoms with Crippen LogP contribution in [-0.4, -0.2) is 23.5 Å². The van der Waals surface area contributed by atoms with Crippen molar-refractivity contribution >= 4 is 23.4 Å². The summed E-state index contributed by atoms with van der Waals surface area (Å²) in [6.45, 7) is 4.78. The topological polar surface area (TPSA) is 80.3 Å². The van der Waals surface area contributed by atoms with Gasteiger partial charge in [0, 0.05) is 18.4 Å². The maximum absolute atomic E-state index is 12.4. The maximum atomic E-state index is 12.4. The summed E-state index contributed by atoms with van der Waals surface area (Å²) in [6, 6.07) is 18.3. The highest BCUT2D eigenvalue weighted by molar-refractivity contribution is 6.04. The molecule has 0 spiro atoms. The van der Waals surface area contributed by atoms with Crippen molar-refractivity contribution in [3.8, 4) is 0 Å². The van der Waals surface area contributed by atoms with E-state index in [0.717, 1.165) is 5.56 Å². The largest absolute Gasteiger partial charge is 0.462 e. The zero-order valence-electron chi connectivity index (χ0n) is 16.4. The average Bonchev–Trinajstić information content (AvgIpc) is 2.74. The lowest BCUT2D eigenvalue weighted by Crippen LogP contribution is -2.13. The van der Waals surface area contributed by atoms with Gasteiger partial charge >= 0.3 is 5.97 Å². The van der Waals surface area contributed by atoms with Crippen molar-refractivity contribution < 1.29 is 14.3 Å². The van der Waals surface area contributed by atoms with Crippen molar-refractivity contribution in [2.75, 3.05) is 17.2 Å². The van der Waals surface area contributed by atoms with Crippen molar-refractivity contribution in [3.05, 3.63) is 89.1 Å². The predicted octanol–water partition coefficient (Wildman–Crippen LogP) is 4.43. The zero-order valence-corrected chi connectivity index (χ0v) is 16.4. The standard InChI is InChI=1S/C23H23N3O3/c1-3-29-23(28)18-8-11-20(12-9-18)26-22(27)19-10-13-21(25-15-19)24-14-17-6-4-16(2)5-7-17/h4-13,15H,3,14H2,1-2H3,(H,24,25)(H,26,27). The zero-order chi connectivity index (χ0) is 20.6. The first-order chi connectivity index (χ1) is 14.0. The number of hydrogen-bond acceptors (Lipinski definition) is 5. The smallest absolute Gasteiger partial charge is 0.338 e. The van der Waals surface area contributed by atoms with Crippen molar-refractivity contribution in [2.45, 2.75) is 20.4 Å². The van der Waals surface area contributed by atoms with Crippen LogP contribution < -0.4 is 10.6 Å². The molecule has 1 heterocycles. The molecule has 6 nitrogen and oxygen atoms in total. The molecule has 3 aromatic rings. The molecule has 0 unspecified atom stereocenters. The summed E-state index contributed by atoms with van der Waals surface area (Å²) in [6.07, 6.45) is 1.53. The van der Waals surface area contributed by atoms with Crippen LogP contribution in [0.2, 0.25) is 0 Å². The molecule has 6 heteroatoms. The SMILES string of the molecule is CCOC(=O)c1ccc(NC(=O)c2ccc(NCc3ccc(C)cc3)nc2)cc1. The third kappa shape index (κ3) is 5.65. The highest BCUT2D eigenvalue weighted by atomic mass is 16.5. The van der Waals surface area contributed by atoms with Crippen molar-refractivity contribution in [2.24, 2.45) is 0 Å². The second-order valence-electron chi connectivity index (χ2n) is 6.52. The lowest BCUT2D eigenvalue weighted by molar-refractivity contribution is 0.0526. The summed E-state index contributed by atoms with van der Waals surface area (Å²) in [5.41, 5.74) is 3.85. The van der Waals surface area contributed by atoms with Gasteiger partial charge in [-0.05, 0) is 55.8 Å². The van der Waals surface area contributed by atoms with Crippen molar-refractivity contribution in [1.29, 1.82) is 0 Å². The minimum Gasteiger partial charge on any atom is -0.462 e. The Balaban J connectivity index is 1.55. The molecule has 148 valence electrons. The van der Waals surface area contributed by atoms with Crippen LogP contribution in [0, 0.1) is 6.92 Å². The molecule has 29 heavy (non-hydrogen) atoms. The number of benzene rings is 2. The van der Waals surface area contributed by atoms with Crippen LogP contribution in [0.4, 0.5) is 11.5 Å². The molecule has 0 radical (unpaired) electrons. The van der Waals surface area contributed by atoms with Gasteiger partial charge in [0.25, 0.3) is 5.91 Å². The van der Waals surface area contributed by atoms with Crippen LogP contribution in [0.5, 0.6) is 0 Å². The second-order valence-corrected chi connectivity index (χ2v) is 6.52. The fraction of sp³-hybridized carbons (Fsp3) is 0.174. The van der Waals surface area contributed by atoms with Crippen LogP contribution >= 0.6 is 0 Å². The summed E-state index contributed by atoms with van der Waals surface area (Å²) in [7, 11) is 0. The molecule has 0 fully saturated rings. The Hall–Kier alpha value is -3.67. The van der Waals surface area contributed by atoms with E-state index in [1.54, 1.807) is 43.3 Å². The summed E-state index contributed by atoms with van der Waals surface area (Å²) in [5.74, 6) is 0.0377. The number of pyridine rings is 1. The maximum Gasteiger partial charge on any atom is 0.338 e. The molecule has 0 aliphatic heterocycles. The quantitative estimate of drug-likeness (QED) is 0.584. The number of aryl methyl sites for hydroxylation is 1. The van der Waals surface area contributed by atoms with Gasteiger partial charge in [-0.1, -0.05) is 29.8 Å². The summed E-state index contributed by atoms with van der Waals surface area (Å²) in [4.78, 5) is 28.4. The van der Waals surface area contributed by atoms with Crippen LogP contribution in [0.1, 0.15) is 38.8 Å². The Morgan fingerprint density at radius 3 is 2.24 bits per heavy atom. The second kappa shape index (κ2) is 9.50. The third-order valence-corrected chi connectivity index (χ3v) is 4.27. The molecule has 0 bridgehead atoms. The Labute approximate surface area is 169 Å². The molecule has 0 saturated carbocycles. The van der Waals surface area contributed by atoms with Crippen molar-refractivity contribution in [3.63, 3.8) is 0 Å². The third-order valence-electron chi connectivity index (χ3n) is 4.27. The Morgan fingerprint density at radius 2 is 1.62 bits per heavy atom. The lowest BCUT2D eigenvalue weighted by Gasteiger charge is -2.08. The predicted molar refractivity (Wildman–Crippen MR) is 113 cm³/mol. The van der Waals surface area contributed by atoms with Gasteiger partial charge in [0.15, 0.2) is 0 Å². The molecule has 1 amide bonds. The monoisotopic (exact) mass is 389 g/mol. The van der Waals surface area contributed by atoms with Gasteiger partial charge in [-0.2, -0.15) is 0 Å². The number of amides is 1. The number of aromatic nitrogens is 1. The van der Waals surface area contributed by atoms with Crippen LogP contribution in [0.3, 0.4) is 0 Å². The van der Waals surface area contributed by atoms with Gasteiger partial charge in [-0.3, -0.25) is 4.79 Å². The van der Waals surface area contributed by atoms with E-state index in [9.17, 15) is 9.59 Å². The van der Waals surface area contributed by atoms with Gasteiger partial charge in [0.1, 0.15) is 5.82 Å². The average molecular weight is 389 g/mol. The van der Waals surface area contributed by atoms with Gasteiger partial charge < -0.3 is 15.4 Å². The van der Waals surface area contributed by atoms with E-state index in [1.807, 2.05) is 0 Å². The van der Waals surface area contributed by atoms with E-state index >= 15 is 0 Å². The lowest BCUT2D eigenvalue weighted by atomic mass is 10.1. The van der Waals surface area contributed by atoms with Crippen LogP contribution in [0.15, 0.2) is 66.9 Å². The molecule has 0 saturated heterocycles. The Morgan fingerprint density at radius 1 is 0.931 bits per heavy atom. The minimum atomic E-state index is -0.386. The van der Waals surface area contributed by atoms with Gasteiger partial charge in [0.2, 0.25) is 0 Å². The summed E-state index contributed by atoms with van der Waals surface area (Å²) >= 11 is 0. The Bertz CT molecular complexity index is 966. The number of carbonyl (C=O) groups is 2. The van der Waals surface area contributed by atoms with E-state index in [0.29, 0.717) is 35.8 Å². The first-order valence-electron chi connectivity index (χ1n) is 9.39. The van der Waals surface area contributed by atoms with E-state index in [2.05, 4.69) is 46.8 Å². The number of ether oxygens (including phenoxy) is 1. The summed E-state index contributed by atoms with van der Waals surface area (Å²) < 4.78 is 4.94. The molecule has 2 aromatic carbocycles. The molecular weight excluding hydrogens is 366 g/mol. The van der Waals surface area contributed by atoms with E-state index in [4.69, 9.17) is 4.74 Å². The highest BCUT2D eigenvalue weighted by Gasteiger charge is 2.09. The number of hydrogen-bond donors (Lipinski definition) is 2. The molecule has 0 aliphatic carbocycles.